The van der Waals surface area contributed by atoms with Gasteiger partial charge in [-0.15, -0.1) is 0 Å². The highest BCUT2D eigenvalue weighted by molar-refractivity contribution is 7.90. The molecule has 1 aromatic carbocycles. The third kappa shape index (κ3) is 3.63. The molecule has 1 aromatic heterocycles. The molecule has 23 heavy (non-hydrogen) atoms. The molecule has 0 saturated heterocycles. The van der Waals surface area contributed by atoms with Crippen LogP contribution in [0, 0.1) is 0 Å². The second-order valence-electron chi connectivity index (χ2n) is 5.66. The average molecular weight is 354 g/mol. The molecule has 1 N–H and O–H groups in total. The monoisotopic (exact) mass is 353 g/mol. The van der Waals surface area contributed by atoms with Crippen molar-refractivity contribution < 1.29 is 8.42 Å². The van der Waals surface area contributed by atoms with Crippen molar-refractivity contribution >= 4 is 21.4 Å². The first-order valence-electron chi connectivity index (χ1n) is 7.12. The van der Waals surface area contributed by atoms with Crippen LogP contribution in [0.25, 0.3) is 0 Å². The molecule has 0 fully saturated rings. The van der Waals surface area contributed by atoms with Crippen molar-refractivity contribution in [3.05, 3.63) is 56.5 Å². The lowest BCUT2D eigenvalue weighted by molar-refractivity contribution is 0.241. The second kappa shape index (κ2) is 6.07. The summed E-state index contributed by atoms with van der Waals surface area (Å²) in [6.07, 6.45) is 1.58. The van der Waals surface area contributed by atoms with Crippen LogP contribution >= 0.6 is 11.6 Å². The molecule has 0 bridgehead atoms. The summed E-state index contributed by atoms with van der Waals surface area (Å²) in [7, 11) is -3.52. The standard InChI is InChI=1S/C15H16ClN3O3S/c1-23(21,22)15-17-13-5-6-19(9-12(13)14(20)18-15)8-10-3-2-4-11(16)7-10/h2-4,7H,5-6,8-9H2,1H3,(H,17,18,20). The number of H-pyrrole nitrogens is 1. The minimum atomic E-state index is -3.52. The predicted molar refractivity (Wildman–Crippen MR) is 87.2 cm³/mol. The maximum Gasteiger partial charge on any atom is 0.256 e. The van der Waals surface area contributed by atoms with Crippen molar-refractivity contribution in [3.8, 4) is 0 Å². The quantitative estimate of drug-likeness (QED) is 0.843. The first-order valence-corrected chi connectivity index (χ1v) is 9.39. The fourth-order valence-electron chi connectivity index (χ4n) is 2.66. The molecular weight excluding hydrogens is 338 g/mol. The molecule has 1 aliphatic heterocycles. The van der Waals surface area contributed by atoms with Gasteiger partial charge in [0.05, 0.1) is 11.3 Å². The number of rotatable bonds is 3. The molecule has 0 unspecified atom stereocenters. The Hall–Kier alpha value is -1.70. The van der Waals surface area contributed by atoms with Crippen LogP contribution in [0.15, 0.2) is 34.2 Å². The van der Waals surface area contributed by atoms with Gasteiger partial charge in [-0.25, -0.2) is 13.4 Å². The fourth-order valence-corrected chi connectivity index (χ4v) is 3.43. The zero-order valence-electron chi connectivity index (χ0n) is 12.5. The van der Waals surface area contributed by atoms with E-state index in [4.69, 9.17) is 11.6 Å². The molecule has 8 heteroatoms. The maximum absolute atomic E-state index is 12.2. The molecule has 0 amide bonds. The Balaban J connectivity index is 1.85. The number of nitrogens with one attached hydrogen (secondary N) is 1. The number of benzene rings is 1. The van der Waals surface area contributed by atoms with Gasteiger partial charge in [-0.2, -0.15) is 0 Å². The molecule has 0 atom stereocenters. The smallest absolute Gasteiger partial charge is 0.256 e. The summed E-state index contributed by atoms with van der Waals surface area (Å²) >= 11 is 5.99. The van der Waals surface area contributed by atoms with Crippen LogP contribution in [-0.2, 0) is 29.3 Å². The molecule has 2 heterocycles. The number of aromatic nitrogens is 2. The molecule has 6 nitrogen and oxygen atoms in total. The molecule has 0 aliphatic carbocycles. The minimum Gasteiger partial charge on any atom is -0.297 e. The summed E-state index contributed by atoms with van der Waals surface area (Å²) in [6.45, 7) is 1.82. The number of fused-ring (bicyclic) bond motifs is 1. The Morgan fingerprint density at radius 1 is 1.39 bits per heavy atom. The zero-order chi connectivity index (χ0) is 16.6. The van der Waals surface area contributed by atoms with E-state index in [-0.39, 0.29) is 10.7 Å². The van der Waals surface area contributed by atoms with Crippen LogP contribution in [0.2, 0.25) is 5.02 Å². The van der Waals surface area contributed by atoms with Crippen LogP contribution in [0.3, 0.4) is 0 Å². The van der Waals surface area contributed by atoms with E-state index in [1.54, 1.807) is 0 Å². The third-order valence-electron chi connectivity index (χ3n) is 3.77. The molecule has 1 aliphatic rings. The van der Waals surface area contributed by atoms with Gasteiger partial charge >= 0.3 is 0 Å². The Morgan fingerprint density at radius 3 is 2.87 bits per heavy atom. The topological polar surface area (TPSA) is 83.1 Å². The summed E-state index contributed by atoms with van der Waals surface area (Å²) in [5.41, 5.74) is 1.78. The van der Waals surface area contributed by atoms with E-state index in [1.165, 1.54) is 0 Å². The summed E-state index contributed by atoms with van der Waals surface area (Å²) in [5.74, 6) is 0. The normalized spacial score (nSPS) is 15.4. The molecule has 0 spiro atoms. The Morgan fingerprint density at radius 2 is 2.17 bits per heavy atom. The van der Waals surface area contributed by atoms with Crippen molar-refractivity contribution in [1.82, 2.24) is 14.9 Å². The fraction of sp³-hybridized carbons (Fsp3) is 0.333. The number of hydrogen-bond acceptors (Lipinski definition) is 5. The van der Waals surface area contributed by atoms with Crippen LogP contribution < -0.4 is 5.56 Å². The number of sulfone groups is 1. The zero-order valence-corrected chi connectivity index (χ0v) is 14.1. The van der Waals surface area contributed by atoms with Gasteiger partial charge in [0.1, 0.15) is 0 Å². The van der Waals surface area contributed by atoms with Crippen molar-refractivity contribution in [2.24, 2.45) is 0 Å². The Labute approximate surface area is 139 Å². The van der Waals surface area contributed by atoms with Crippen molar-refractivity contribution in [1.29, 1.82) is 0 Å². The molecule has 0 saturated carbocycles. The van der Waals surface area contributed by atoms with E-state index >= 15 is 0 Å². The Bertz CT molecular complexity index is 908. The lowest BCUT2D eigenvalue weighted by Crippen LogP contribution is -2.36. The van der Waals surface area contributed by atoms with E-state index in [0.29, 0.717) is 42.3 Å². The first-order chi connectivity index (χ1) is 10.8. The maximum atomic E-state index is 12.2. The van der Waals surface area contributed by atoms with Crippen LogP contribution in [0.4, 0.5) is 0 Å². The number of nitrogens with zero attached hydrogens (tertiary/aromatic N) is 2. The van der Waals surface area contributed by atoms with Gasteiger partial charge < -0.3 is 0 Å². The summed E-state index contributed by atoms with van der Waals surface area (Å²) in [5, 5.41) is 0.418. The second-order valence-corrected chi connectivity index (χ2v) is 8.03. The third-order valence-corrected chi connectivity index (χ3v) is 4.90. The van der Waals surface area contributed by atoms with Crippen molar-refractivity contribution in [2.75, 3.05) is 12.8 Å². The van der Waals surface area contributed by atoms with Crippen LogP contribution in [0.5, 0.6) is 0 Å². The summed E-state index contributed by atoms with van der Waals surface area (Å²) in [4.78, 5) is 20.8. The van der Waals surface area contributed by atoms with Gasteiger partial charge in [-0.05, 0) is 17.7 Å². The van der Waals surface area contributed by atoms with E-state index in [0.717, 1.165) is 11.8 Å². The Kier molecular flexibility index (Phi) is 4.27. The summed E-state index contributed by atoms with van der Waals surface area (Å²) < 4.78 is 23.1. The van der Waals surface area contributed by atoms with Crippen molar-refractivity contribution in [2.45, 2.75) is 24.7 Å². The predicted octanol–water partition coefficient (Wildman–Crippen LogP) is 1.39. The molecule has 0 radical (unpaired) electrons. The number of aromatic amines is 1. The minimum absolute atomic E-state index is 0.260. The molecule has 3 rings (SSSR count). The first kappa shape index (κ1) is 16.2. The summed E-state index contributed by atoms with van der Waals surface area (Å²) in [6, 6.07) is 7.59. The van der Waals surface area contributed by atoms with E-state index in [9.17, 15) is 13.2 Å². The molecular formula is C15H16ClN3O3S. The number of halogens is 1. The lowest BCUT2D eigenvalue weighted by Gasteiger charge is -2.27. The van der Waals surface area contributed by atoms with Crippen molar-refractivity contribution in [3.63, 3.8) is 0 Å². The van der Waals surface area contributed by atoms with Crippen LogP contribution in [0.1, 0.15) is 16.8 Å². The van der Waals surface area contributed by atoms with E-state index < -0.39 is 9.84 Å². The molecule has 2 aromatic rings. The lowest BCUT2D eigenvalue weighted by atomic mass is 10.1. The SMILES string of the molecule is CS(=O)(=O)c1nc2c(c(=O)[nH]1)CN(Cc1cccc(Cl)c1)CC2. The van der Waals surface area contributed by atoms with E-state index in [2.05, 4.69) is 14.9 Å². The molecule has 122 valence electrons. The highest BCUT2D eigenvalue weighted by atomic mass is 35.5. The van der Waals surface area contributed by atoms with E-state index in [1.807, 2.05) is 24.3 Å². The van der Waals surface area contributed by atoms with Gasteiger partial charge in [0.15, 0.2) is 0 Å². The van der Waals surface area contributed by atoms with Gasteiger partial charge in [-0.3, -0.25) is 14.7 Å². The van der Waals surface area contributed by atoms with Gasteiger partial charge in [0, 0.05) is 37.3 Å². The van der Waals surface area contributed by atoms with Crippen LogP contribution in [-0.4, -0.2) is 36.1 Å². The highest BCUT2D eigenvalue weighted by Crippen LogP contribution is 2.18. The average Bonchev–Trinajstić information content (AvgIpc) is 2.47. The van der Waals surface area contributed by atoms with Gasteiger partial charge in [0.25, 0.3) is 5.56 Å². The number of hydrogen-bond donors (Lipinski definition) is 1. The van der Waals surface area contributed by atoms with Gasteiger partial charge in [-0.1, -0.05) is 23.7 Å². The largest absolute Gasteiger partial charge is 0.297 e. The van der Waals surface area contributed by atoms with Gasteiger partial charge in [0.2, 0.25) is 15.0 Å². The highest BCUT2D eigenvalue weighted by Gasteiger charge is 2.23.